The molecule has 2 aromatic heterocycles. The molecule has 1 fully saturated rings. The van der Waals surface area contributed by atoms with Gasteiger partial charge in [-0.25, -0.2) is 8.42 Å². The molecular weight excluding hydrogens is 306 g/mol. The lowest BCUT2D eigenvalue weighted by atomic mass is 10.1. The quantitative estimate of drug-likeness (QED) is 0.895. The molecule has 0 aromatic carbocycles. The molecule has 2 aromatic rings. The van der Waals surface area contributed by atoms with Gasteiger partial charge in [0.1, 0.15) is 16.8 Å². The molecule has 1 N–H and O–H groups in total. The molecule has 3 heterocycles. The van der Waals surface area contributed by atoms with Crippen LogP contribution < -0.4 is 0 Å². The van der Waals surface area contributed by atoms with Crippen molar-refractivity contribution < 1.29 is 17.9 Å². The Bertz CT molecular complexity index is 723. The second-order valence-corrected chi connectivity index (χ2v) is 7.42. The third-order valence-corrected chi connectivity index (χ3v) is 5.88. The fourth-order valence-corrected chi connectivity index (χ4v) is 4.57. The topological polar surface area (TPSA) is 88.6 Å². The zero-order chi connectivity index (χ0) is 15.7. The van der Waals surface area contributed by atoms with Crippen molar-refractivity contribution in [2.75, 3.05) is 6.54 Å². The van der Waals surface area contributed by atoms with E-state index >= 15 is 0 Å². The molecule has 2 atom stereocenters. The largest absolute Gasteiger partial charge is 0.467 e. The van der Waals surface area contributed by atoms with Crippen LogP contribution in [0.4, 0.5) is 0 Å². The van der Waals surface area contributed by atoms with Crippen molar-refractivity contribution in [2.45, 2.75) is 36.3 Å². The first-order chi connectivity index (χ1) is 10.5. The minimum absolute atomic E-state index is 0.189. The van der Waals surface area contributed by atoms with Gasteiger partial charge in [0.05, 0.1) is 12.5 Å². The summed E-state index contributed by atoms with van der Waals surface area (Å²) in [4.78, 5) is 0.189. The predicted octanol–water partition coefficient (Wildman–Crippen LogP) is 1.29. The highest BCUT2D eigenvalue weighted by Crippen LogP contribution is 2.31. The van der Waals surface area contributed by atoms with E-state index in [1.165, 1.54) is 27.6 Å². The number of rotatable bonds is 5. The number of aliphatic hydroxyl groups is 1. The van der Waals surface area contributed by atoms with E-state index in [9.17, 15) is 13.5 Å². The van der Waals surface area contributed by atoms with Crippen LogP contribution in [0.3, 0.4) is 0 Å². The lowest BCUT2D eigenvalue weighted by molar-refractivity contribution is 0.118. The van der Waals surface area contributed by atoms with Crippen LogP contribution in [0.1, 0.15) is 31.1 Å². The zero-order valence-electron chi connectivity index (χ0n) is 12.3. The normalized spacial score (nSPS) is 21.3. The number of sulfonamides is 1. The second kappa shape index (κ2) is 5.86. The summed E-state index contributed by atoms with van der Waals surface area (Å²) in [5.41, 5.74) is 0. The highest BCUT2D eigenvalue weighted by Gasteiger charge is 2.37. The Morgan fingerprint density at radius 2 is 2.36 bits per heavy atom. The summed E-state index contributed by atoms with van der Waals surface area (Å²) in [6.45, 7) is 0.465. The number of furan rings is 1. The summed E-state index contributed by atoms with van der Waals surface area (Å²) in [6.07, 6.45) is 5.39. The minimum Gasteiger partial charge on any atom is -0.467 e. The summed E-state index contributed by atoms with van der Waals surface area (Å²) >= 11 is 0. The first kappa shape index (κ1) is 15.3. The Labute approximate surface area is 129 Å². The van der Waals surface area contributed by atoms with E-state index in [0.29, 0.717) is 18.7 Å². The van der Waals surface area contributed by atoms with Crippen molar-refractivity contribution in [1.82, 2.24) is 14.1 Å². The van der Waals surface area contributed by atoms with Gasteiger partial charge in [0.15, 0.2) is 0 Å². The molecular formula is C14H19N3O4S. The van der Waals surface area contributed by atoms with Crippen molar-refractivity contribution in [3.63, 3.8) is 0 Å². The van der Waals surface area contributed by atoms with Gasteiger partial charge in [0.25, 0.3) is 0 Å². The molecule has 1 aliphatic rings. The molecule has 7 nitrogen and oxygen atoms in total. The van der Waals surface area contributed by atoms with Gasteiger partial charge in [-0.15, -0.1) is 0 Å². The third-order valence-electron chi connectivity index (χ3n) is 3.98. The van der Waals surface area contributed by atoms with Gasteiger partial charge in [-0.3, -0.25) is 4.68 Å². The molecule has 0 spiro atoms. The summed E-state index contributed by atoms with van der Waals surface area (Å²) < 4.78 is 33.5. The van der Waals surface area contributed by atoms with E-state index in [0.717, 1.165) is 12.8 Å². The molecule has 0 bridgehead atoms. The van der Waals surface area contributed by atoms with Crippen LogP contribution in [0.2, 0.25) is 0 Å². The third kappa shape index (κ3) is 2.81. The molecule has 1 saturated heterocycles. The first-order valence-electron chi connectivity index (χ1n) is 7.20. The Kier molecular flexibility index (Phi) is 4.07. The van der Waals surface area contributed by atoms with Gasteiger partial charge in [0.2, 0.25) is 10.0 Å². The number of aromatic nitrogens is 2. The van der Waals surface area contributed by atoms with Gasteiger partial charge in [-0.2, -0.15) is 9.40 Å². The van der Waals surface area contributed by atoms with Crippen LogP contribution in [-0.4, -0.2) is 40.2 Å². The van der Waals surface area contributed by atoms with E-state index in [1.54, 1.807) is 19.2 Å². The molecule has 120 valence electrons. The fourth-order valence-electron chi connectivity index (χ4n) is 2.88. The van der Waals surface area contributed by atoms with E-state index < -0.39 is 16.1 Å². The molecule has 1 aliphatic heterocycles. The van der Waals surface area contributed by atoms with Gasteiger partial charge < -0.3 is 9.52 Å². The summed E-state index contributed by atoms with van der Waals surface area (Å²) in [7, 11) is -1.89. The van der Waals surface area contributed by atoms with Crippen LogP contribution in [0.25, 0.3) is 0 Å². The van der Waals surface area contributed by atoms with E-state index in [1.807, 2.05) is 0 Å². The number of hydrogen-bond donors (Lipinski definition) is 1. The Balaban J connectivity index is 1.78. The van der Waals surface area contributed by atoms with Gasteiger partial charge >= 0.3 is 0 Å². The number of aryl methyl sites for hydroxylation is 1. The van der Waals surface area contributed by atoms with Gasteiger partial charge in [-0.05, 0) is 31.4 Å². The lowest BCUT2D eigenvalue weighted by Crippen LogP contribution is -2.36. The Morgan fingerprint density at radius 3 is 3.00 bits per heavy atom. The molecule has 0 saturated carbocycles. The monoisotopic (exact) mass is 325 g/mol. The number of nitrogens with zero attached hydrogens (tertiary/aromatic N) is 3. The highest BCUT2D eigenvalue weighted by atomic mass is 32.2. The Morgan fingerprint density at radius 1 is 1.55 bits per heavy atom. The van der Waals surface area contributed by atoms with Crippen molar-refractivity contribution in [3.8, 4) is 0 Å². The molecule has 0 amide bonds. The molecule has 2 unspecified atom stereocenters. The molecule has 22 heavy (non-hydrogen) atoms. The fraction of sp³-hybridized carbons (Fsp3) is 0.500. The molecule has 0 radical (unpaired) electrons. The SMILES string of the molecule is Cn1cc(S(=O)(=O)N2CCCC2CC(O)c2ccco2)cn1. The van der Waals surface area contributed by atoms with Crippen LogP contribution in [0.5, 0.6) is 0 Å². The van der Waals surface area contributed by atoms with Crippen LogP contribution >= 0.6 is 0 Å². The van der Waals surface area contributed by atoms with Crippen molar-refractivity contribution >= 4 is 10.0 Å². The van der Waals surface area contributed by atoms with Gasteiger partial charge in [-0.1, -0.05) is 0 Å². The summed E-state index contributed by atoms with van der Waals surface area (Å²) in [5.74, 6) is 0.464. The highest BCUT2D eigenvalue weighted by molar-refractivity contribution is 7.89. The maximum Gasteiger partial charge on any atom is 0.246 e. The second-order valence-electron chi connectivity index (χ2n) is 5.53. The van der Waals surface area contributed by atoms with Crippen molar-refractivity contribution in [3.05, 3.63) is 36.5 Å². The zero-order valence-corrected chi connectivity index (χ0v) is 13.1. The average Bonchev–Trinajstić information content (AvgIpc) is 3.19. The molecule has 0 aliphatic carbocycles. The smallest absolute Gasteiger partial charge is 0.246 e. The summed E-state index contributed by atoms with van der Waals surface area (Å²) in [5, 5.41) is 14.1. The molecule has 8 heteroatoms. The molecule has 3 rings (SSSR count). The maximum atomic E-state index is 12.7. The van der Waals surface area contributed by atoms with E-state index in [-0.39, 0.29) is 10.9 Å². The maximum absolute atomic E-state index is 12.7. The van der Waals surface area contributed by atoms with Gasteiger partial charge in [0, 0.05) is 25.8 Å². The standard InChI is InChI=1S/C14H19N3O4S/c1-16-10-12(9-15-16)22(19,20)17-6-2-4-11(17)8-13(18)14-5-3-7-21-14/h3,5,7,9-11,13,18H,2,4,6,8H2,1H3. The number of hydrogen-bond acceptors (Lipinski definition) is 5. The van der Waals surface area contributed by atoms with E-state index in [4.69, 9.17) is 4.42 Å². The van der Waals surface area contributed by atoms with Crippen LogP contribution in [0.15, 0.2) is 40.1 Å². The van der Waals surface area contributed by atoms with Crippen LogP contribution in [0, 0.1) is 0 Å². The van der Waals surface area contributed by atoms with E-state index in [2.05, 4.69) is 5.10 Å². The van der Waals surface area contributed by atoms with Crippen LogP contribution in [-0.2, 0) is 17.1 Å². The predicted molar refractivity (Wildman–Crippen MR) is 78.4 cm³/mol. The van der Waals surface area contributed by atoms with Crippen molar-refractivity contribution in [2.24, 2.45) is 7.05 Å². The average molecular weight is 325 g/mol. The van der Waals surface area contributed by atoms with Crippen molar-refractivity contribution in [1.29, 1.82) is 0 Å². The lowest BCUT2D eigenvalue weighted by Gasteiger charge is -2.24. The summed E-state index contributed by atoms with van der Waals surface area (Å²) in [6, 6.07) is 3.17. The first-order valence-corrected chi connectivity index (χ1v) is 8.64. The number of aliphatic hydroxyl groups excluding tert-OH is 1. The Hall–Kier alpha value is -1.64. The minimum atomic E-state index is -3.57.